The van der Waals surface area contributed by atoms with Crippen molar-refractivity contribution >= 4 is 22.6 Å². The third-order valence-corrected chi connectivity index (χ3v) is 3.40. The summed E-state index contributed by atoms with van der Waals surface area (Å²) in [5.41, 5.74) is 2.96. The molecule has 0 atom stereocenters. The van der Waals surface area contributed by atoms with E-state index in [2.05, 4.69) is 9.55 Å². The second-order valence-corrected chi connectivity index (χ2v) is 4.70. The average Bonchev–Trinajstić information content (AvgIpc) is 3.08. The quantitative estimate of drug-likeness (QED) is 0.671. The van der Waals surface area contributed by atoms with Gasteiger partial charge in [-0.3, -0.25) is 0 Å². The van der Waals surface area contributed by atoms with E-state index in [9.17, 15) is 0 Å². The maximum Gasteiger partial charge on any atom is 0.147 e. The first-order valence-electron chi connectivity index (χ1n) is 6.51. The van der Waals surface area contributed by atoms with Crippen molar-refractivity contribution in [2.45, 2.75) is 19.3 Å². The Kier molecular flexibility index (Phi) is 3.65. The van der Waals surface area contributed by atoms with Gasteiger partial charge in [0.1, 0.15) is 17.1 Å². The lowest BCUT2D eigenvalue weighted by Gasteiger charge is -2.06. The predicted molar refractivity (Wildman–Crippen MR) is 78.3 cm³/mol. The highest BCUT2D eigenvalue weighted by Gasteiger charge is 2.14. The highest BCUT2D eigenvalue weighted by molar-refractivity contribution is 6.16. The van der Waals surface area contributed by atoms with Crippen LogP contribution < -0.4 is 4.74 Å². The summed E-state index contributed by atoms with van der Waals surface area (Å²) in [6, 6.07) is 7.87. The number of fused-ring (bicyclic) bond motifs is 1. The zero-order chi connectivity index (χ0) is 13.9. The lowest BCUT2D eigenvalue weighted by molar-refractivity contribution is 0.343. The number of hydrogen-bond acceptors (Lipinski definition) is 3. The van der Waals surface area contributed by atoms with Crippen molar-refractivity contribution in [1.82, 2.24) is 9.55 Å². The Morgan fingerprint density at radius 1 is 1.35 bits per heavy atom. The van der Waals surface area contributed by atoms with E-state index in [0.29, 0.717) is 19.0 Å². The maximum absolute atomic E-state index is 6.03. The van der Waals surface area contributed by atoms with E-state index in [1.165, 1.54) is 0 Å². The first kappa shape index (κ1) is 13.1. The molecule has 0 fully saturated rings. The summed E-state index contributed by atoms with van der Waals surface area (Å²) in [5.74, 6) is 1.98. The molecule has 0 amide bonds. The zero-order valence-corrected chi connectivity index (χ0v) is 11.9. The molecule has 20 heavy (non-hydrogen) atoms. The molecule has 0 spiro atoms. The first-order chi connectivity index (χ1) is 9.83. The van der Waals surface area contributed by atoms with Gasteiger partial charge in [0, 0.05) is 5.56 Å². The summed E-state index contributed by atoms with van der Waals surface area (Å²) in [5, 5.41) is 0. The topological polar surface area (TPSA) is 40.2 Å². The van der Waals surface area contributed by atoms with E-state index in [1.807, 2.05) is 31.2 Å². The van der Waals surface area contributed by atoms with Crippen molar-refractivity contribution in [2.75, 3.05) is 6.61 Å². The number of halogens is 1. The van der Waals surface area contributed by atoms with Crippen LogP contribution in [0, 0.1) is 0 Å². The minimum atomic E-state index is 0.359. The molecule has 5 heteroatoms. The monoisotopic (exact) mass is 290 g/mol. The van der Waals surface area contributed by atoms with Gasteiger partial charge in [0.15, 0.2) is 0 Å². The lowest BCUT2D eigenvalue weighted by Crippen LogP contribution is -2.02. The molecule has 0 saturated heterocycles. The minimum absolute atomic E-state index is 0.359. The SMILES string of the molecule is CCOc1cccc2c1nc(CCl)n2Cc1ccoc1. The molecule has 4 nitrogen and oxygen atoms in total. The van der Waals surface area contributed by atoms with E-state index < -0.39 is 0 Å². The Bertz CT molecular complexity index is 704. The maximum atomic E-state index is 6.03. The standard InChI is InChI=1S/C15H15ClN2O2/c1-2-20-13-5-3-4-12-15(13)17-14(8-16)18(12)9-11-6-7-19-10-11/h3-7,10H,2,8-9H2,1H3. The van der Waals surface area contributed by atoms with Crippen molar-refractivity contribution in [2.24, 2.45) is 0 Å². The fourth-order valence-corrected chi connectivity index (χ4v) is 2.49. The molecule has 1 aromatic carbocycles. The number of furan rings is 1. The second kappa shape index (κ2) is 5.59. The van der Waals surface area contributed by atoms with Gasteiger partial charge in [0.25, 0.3) is 0 Å². The number of ether oxygens (including phenoxy) is 1. The predicted octanol–water partition coefficient (Wildman–Crippen LogP) is 3.82. The number of alkyl halides is 1. The molecule has 2 aromatic heterocycles. The number of imidazole rings is 1. The summed E-state index contributed by atoms with van der Waals surface area (Å²) < 4.78 is 12.8. The van der Waals surface area contributed by atoms with Gasteiger partial charge in [-0.1, -0.05) is 6.07 Å². The minimum Gasteiger partial charge on any atom is -0.492 e. The molecule has 2 heterocycles. The van der Waals surface area contributed by atoms with Crippen LogP contribution in [0.4, 0.5) is 0 Å². The Labute approximate surface area is 121 Å². The largest absolute Gasteiger partial charge is 0.492 e. The molecule has 3 rings (SSSR count). The van der Waals surface area contributed by atoms with E-state index in [0.717, 1.165) is 28.2 Å². The Morgan fingerprint density at radius 3 is 2.95 bits per heavy atom. The number of nitrogens with zero attached hydrogens (tertiary/aromatic N) is 2. The molecule has 104 valence electrons. The van der Waals surface area contributed by atoms with Gasteiger partial charge < -0.3 is 13.7 Å². The van der Waals surface area contributed by atoms with E-state index in [-0.39, 0.29) is 0 Å². The molecule has 0 aliphatic heterocycles. The smallest absolute Gasteiger partial charge is 0.147 e. The van der Waals surface area contributed by atoms with E-state index in [4.69, 9.17) is 20.8 Å². The molecular weight excluding hydrogens is 276 g/mol. The van der Waals surface area contributed by atoms with Crippen LogP contribution in [-0.4, -0.2) is 16.2 Å². The van der Waals surface area contributed by atoms with Crippen molar-refractivity contribution in [3.63, 3.8) is 0 Å². The molecule has 0 aliphatic carbocycles. The fraction of sp³-hybridized carbons (Fsp3) is 0.267. The molecular formula is C15H15ClN2O2. The summed E-state index contributed by atoms with van der Waals surface area (Å²) in [6.45, 7) is 3.26. The highest BCUT2D eigenvalue weighted by atomic mass is 35.5. The number of benzene rings is 1. The normalized spacial score (nSPS) is 11.1. The van der Waals surface area contributed by atoms with Gasteiger partial charge in [-0.2, -0.15) is 0 Å². The van der Waals surface area contributed by atoms with Crippen LogP contribution in [0.1, 0.15) is 18.3 Å². The van der Waals surface area contributed by atoms with Gasteiger partial charge in [-0.25, -0.2) is 4.98 Å². The van der Waals surface area contributed by atoms with Crippen molar-refractivity contribution in [3.8, 4) is 5.75 Å². The summed E-state index contributed by atoms with van der Waals surface area (Å²) >= 11 is 6.03. The van der Waals surface area contributed by atoms with Crippen LogP contribution >= 0.6 is 11.6 Å². The van der Waals surface area contributed by atoms with E-state index >= 15 is 0 Å². The molecule has 0 aliphatic rings. The molecule has 0 bridgehead atoms. The lowest BCUT2D eigenvalue weighted by atomic mass is 10.2. The summed E-state index contributed by atoms with van der Waals surface area (Å²) in [4.78, 5) is 4.61. The molecule has 0 unspecified atom stereocenters. The molecule has 3 aromatic rings. The molecule has 0 saturated carbocycles. The Morgan fingerprint density at radius 2 is 2.25 bits per heavy atom. The Hall–Kier alpha value is -1.94. The van der Waals surface area contributed by atoms with Crippen LogP contribution in [-0.2, 0) is 12.4 Å². The zero-order valence-electron chi connectivity index (χ0n) is 11.2. The van der Waals surface area contributed by atoms with Gasteiger partial charge in [-0.05, 0) is 25.1 Å². The summed E-state index contributed by atoms with van der Waals surface area (Å²) in [6.07, 6.45) is 3.40. The fourth-order valence-electron chi connectivity index (χ4n) is 2.28. The van der Waals surface area contributed by atoms with Crippen molar-refractivity contribution < 1.29 is 9.15 Å². The number of rotatable bonds is 5. The first-order valence-corrected chi connectivity index (χ1v) is 7.05. The number of hydrogen-bond donors (Lipinski definition) is 0. The summed E-state index contributed by atoms with van der Waals surface area (Å²) in [7, 11) is 0. The van der Waals surface area contributed by atoms with Crippen LogP contribution in [0.2, 0.25) is 0 Å². The van der Waals surface area contributed by atoms with Crippen LogP contribution in [0.3, 0.4) is 0 Å². The van der Waals surface area contributed by atoms with Crippen LogP contribution in [0.25, 0.3) is 11.0 Å². The average molecular weight is 291 g/mol. The van der Waals surface area contributed by atoms with Gasteiger partial charge >= 0.3 is 0 Å². The van der Waals surface area contributed by atoms with Crippen molar-refractivity contribution in [1.29, 1.82) is 0 Å². The van der Waals surface area contributed by atoms with Gasteiger partial charge in [0.2, 0.25) is 0 Å². The number of aromatic nitrogens is 2. The molecule has 0 radical (unpaired) electrons. The number of para-hydroxylation sites is 1. The van der Waals surface area contributed by atoms with Gasteiger partial charge in [-0.15, -0.1) is 11.6 Å². The van der Waals surface area contributed by atoms with Crippen LogP contribution in [0.5, 0.6) is 5.75 Å². The van der Waals surface area contributed by atoms with Crippen molar-refractivity contribution in [3.05, 3.63) is 48.2 Å². The highest BCUT2D eigenvalue weighted by Crippen LogP contribution is 2.27. The Balaban J connectivity index is 2.12. The van der Waals surface area contributed by atoms with E-state index in [1.54, 1.807) is 12.5 Å². The molecule has 0 N–H and O–H groups in total. The third kappa shape index (κ3) is 2.27. The van der Waals surface area contributed by atoms with Gasteiger partial charge in [0.05, 0.1) is 37.1 Å². The van der Waals surface area contributed by atoms with Crippen LogP contribution in [0.15, 0.2) is 41.2 Å². The third-order valence-electron chi connectivity index (χ3n) is 3.16. The second-order valence-electron chi connectivity index (χ2n) is 4.44.